The topological polar surface area (TPSA) is 96.8 Å². The number of nitrogens with two attached hydrogens (primary N) is 1. The van der Waals surface area contributed by atoms with Crippen molar-refractivity contribution in [3.63, 3.8) is 0 Å². The predicted octanol–water partition coefficient (Wildman–Crippen LogP) is 2.48. The molecule has 1 aromatic carbocycles. The molecule has 0 radical (unpaired) electrons. The number of fused-ring (bicyclic) bond motifs is 1. The number of nitrogens with zero attached hydrogens (tertiary/aromatic N) is 4. The number of aromatic nitrogens is 3. The number of rotatable bonds is 5. The van der Waals surface area contributed by atoms with Crippen molar-refractivity contribution in [1.82, 2.24) is 19.5 Å². The van der Waals surface area contributed by atoms with Crippen LogP contribution in [0.1, 0.15) is 42.1 Å². The molecular formula is C19H22FN5O2S. The molecule has 0 bridgehead atoms. The highest BCUT2D eigenvalue weighted by Crippen LogP contribution is 2.41. The molecule has 1 amide bonds. The summed E-state index contributed by atoms with van der Waals surface area (Å²) in [6.45, 7) is 3.27. The van der Waals surface area contributed by atoms with Crippen LogP contribution in [0.25, 0.3) is 4.96 Å². The number of aromatic hydroxyl groups is 1. The van der Waals surface area contributed by atoms with Crippen LogP contribution in [0.4, 0.5) is 4.39 Å². The number of piperidine rings is 1. The van der Waals surface area contributed by atoms with Gasteiger partial charge in [-0.25, -0.2) is 9.37 Å². The van der Waals surface area contributed by atoms with Crippen LogP contribution in [0.15, 0.2) is 24.3 Å². The molecule has 7 nitrogen and oxygen atoms in total. The molecular weight excluding hydrogens is 381 g/mol. The van der Waals surface area contributed by atoms with Gasteiger partial charge in [-0.2, -0.15) is 4.52 Å². The molecule has 1 aliphatic rings. The lowest BCUT2D eigenvalue weighted by Crippen LogP contribution is -2.40. The fraction of sp³-hybridized carbons (Fsp3) is 0.421. The zero-order valence-electron chi connectivity index (χ0n) is 15.5. The highest BCUT2D eigenvalue weighted by atomic mass is 32.1. The smallest absolute Gasteiger partial charge is 0.230 e. The summed E-state index contributed by atoms with van der Waals surface area (Å²) in [5.74, 6) is 0.0153. The number of amides is 1. The predicted molar refractivity (Wildman–Crippen MR) is 104 cm³/mol. The van der Waals surface area contributed by atoms with E-state index in [0.717, 1.165) is 5.56 Å². The summed E-state index contributed by atoms with van der Waals surface area (Å²) < 4.78 is 14.9. The van der Waals surface area contributed by atoms with Gasteiger partial charge in [0, 0.05) is 12.3 Å². The maximum absolute atomic E-state index is 13.5. The maximum atomic E-state index is 13.5. The molecule has 2 aromatic heterocycles. The first kappa shape index (κ1) is 18.8. The van der Waals surface area contributed by atoms with Crippen LogP contribution >= 0.6 is 11.3 Å². The van der Waals surface area contributed by atoms with Crippen LogP contribution in [0, 0.1) is 11.7 Å². The zero-order valence-corrected chi connectivity index (χ0v) is 16.3. The summed E-state index contributed by atoms with van der Waals surface area (Å²) in [5.41, 5.74) is 6.33. The van der Waals surface area contributed by atoms with E-state index in [1.807, 2.05) is 6.92 Å². The van der Waals surface area contributed by atoms with Gasteiger partial charge >= 0.3 is 0 Å². The van der Waals surface area contributed by atoms with Crippen LogP contribution in [0.3, 0.4) is 0 Å². The van der Waals surface area contributed by atoms with E-state index < -0.39 is 0 Å². The largest absolute Gasteiger partial charge is 0.492 e. The maximum Gasteiger partial charge on any atom is 0.230 e. The average Bonchev–Trinajstić information content (AvgIpc) is 3.23. The van der Waals surface area contributed by atoms with E-state index in [1.54, 1.807) is 12.1 Å². The van der Waals surface area contributed by atoms with Crippen LogP contribution < -0.4 is 5.73 Å². The van der Waals surface area contributed by atoms with Crippen molar-refractivity contribution in [1.29, 1.82) is 0 Å². The number of halogens is 1. The molecule has 0 unspecified atom stereocenters. The number of carbonyl (C=O) groups is 1. The second kappa shape index (κ2) is 7.48. The quantitative estimate of drug-likeness (QED) is 0.682. The Morgan fingerprint density at radius 3 is 2.61 bits per heavy atom. The van der Waals surface area contributed by atoms with Crippen LogP contribution in [0.2, 0.25) is 0 Å². The van der Waals surface area contributed by atoms with Gasteiger partial charge in [0.25, 0.3) is 0 Å². The Morgan fingerprint density at radius 1 is 1.36 bits per heavy atom. The van der Waals surface area contributed by atoms with Gasteiger partial charge in [0.2, 0.25) is 16.7 Å². The normalized spacial score (nSPS) is 17.2. The molecule has 0 spiro atoms. The van der Waals surface area contributed by atoms with Gasteiger partial charge in [-0.15, -0.1) is 5.10 Å². The number of primary amides is 1. The zero-order chi connectivity index (χ0) is 19.8. The first-order valence-electron chi connectivity index (χ1n) is 9.34. The van der Waals surface area contributed by atoms with Gasteiger partial charge < -0.3 is 10.8 Å². The van der Waals surface area contributed by atoms with Crippen molar-refractivity contribution in [2.75, 3.05) is 13.1 Å². The van der Waals surface area contributed by atoms with Gasteiger partial charge in [0.05, 0.1) is 10.9 Å². The first-order chi connectivity index (χ1) is 13.5. The summed E-state index contributed by atoms with van der Waals surface area (Å²) in [5, 5.41) is 15.2. The Labute approximate surface area is 165 Å². The summed E-state index contributed by atoms with van der Waals surface area (Å²) in [7, 11) is 0. The number of benzene rings is 1. The molecule has 0 aliphatic carbocycles. The fourth-order valence-corrected chi connectivity index (χ4v) is 4.87. The van der Waals surface area contributed by atoms with Gasteiger partial charge in [0.1, 0.15) is 5.82 Å². The summed E-state index contributed by atoms with van der Waals surface area (Å²) in [6, 6.07) is 6.02. The minimum absolute atomic E-state index is 0.0542. The van der Waals surface area contributed by atoms with Gasteiger partial charge in [-0.1, -0.05) is 30.4 Å². The van der Waals surface area contributed by atoms with Crippen molar-refractivity contribution in [2.24, 2.45) is 11.7 Å². The first-order valence-corrected chi connectivity index (χ1v) is 10.2. The SMILES string of the molecule is CCc1nc2sc([C@@H](c3ccc(F)cc3)N3CCC(C(N)=O)CC3)c(O)n2n1. The molecule has 1 aliphatic heterocycles. The van der Waals surface area contributed by atoms with Gasteiger partial charge in [0.15, 0.2) is 5.82 Å². The van der Waals surface area contributed by atoms with Crippen molar-refractivity contribution >= 4 is 22.2 Å². The molecule has 9 heteroatoms. The van der Waals surface area contributed by atoms with Gasteiger partial charge in [-0.3, -0.25) is 9.69 Å². The Bertz CT molecular complexity index is 992. The third-order valence-corrected chi connectivity index (χ3v) is 6.36. The summed E-state index contributed by atoms with van der Waals surface area (Å²) in [4.78, 5) is 19.5. The van der Waals surface area contributed by atoms with E-state index in [-0.39, 0.29) is 29.6 Å². The van der Waals surface area contributed by atoms with E-state index in [0.29, 0.717) is 48.0 Å². The lowest BCUT2D eigenvalue weighted by molar-refractivity contribution is -0.123. The highest BCUT2D eigenvalue weighted by molar-refractivity contribution is 7.17. The van der Waals surface area contributed by atoms with E-state index >= 15 is 0 Å². The standard InChI is InChI=1S/C19H22FN5O2S/c1-2-14-22-19-25(23-14)18(27)16(28-19)15(11-3-5-13(20)6-4-11)24-9-7-12(8-10-24)17(21)26/h3-6,12,15,27H,2,7-10H2,1H3,(H2,21,26)/t15-/m1/s1. The second-order valence-electron chi connectivity index (χ2n) is 7.03. The molecule has 3 N–H and O–H groups in total. The minimum atomic E-state index is -0.311. The average molecular weight is 403 g/mol. The highest BCUT2D eigenvalue weighted by Gasteiger charge is 2.33. The van der Waals surface area contributed by atoms with Crippen LogP contribution in [0.5, 0.6) is 5.88 Å². The van der Waals surface area contributed by atoms with Crippen LogP contribution in [-0.4, -0.2) is 43.6 Å². The molecule has 3 heterocycles. The fourth-order valence-electron chi connectivity index (χ4n) is 3.73. The number of hydrogen-bond acceptors (Lipinski definition) is 6. The molecule has 1 atom stereocenters. The molecule has 28 heavy (non-hydrogen) atoms. The minimum Gasteiger partial charge on any atom is -0.492 e. The molecule has 1 fully saturated rings. The number of likely N-dealkylation sites (tertiary alicyclic amines) is 1. The summed E-state index contributed by atoms with van der Waals surface area (Å²) in [6.07, 6.45) is 2.01. The van der Waals surface area contributed by atoms with Crippen molar-refractivity contribution in [3.05, 3.63) is 46.3 Å². The lowest BCUT2D eigenvalue weighted by atomic mass is 9.93. The van der Waals surface area contributed by atoms with Crippen LogP contribution in [-0.2, 0) is 11.2 Å². The van der Waals surface area contributed by atoms with E-state index in [4.69, 9.17) is 5.73 Å². The van der Waals surface area contributed by atoms with Crippen molar-refractivity contribution < 1.29 is 14.3 Å². The lowest BCUT2D eigenvalue weighted by Gasteiger charge is -2.36. The number of hydrogen-bond donors (Lipinski definition) is 2. The number of aryl methyl sites for hydroxylation is 1. The third kappa shape index (κ3) is 3.35. The molecule has 148 valence electrons. The molecule has 3 aromatic rings. The second-order valence-corrected chi connectivity index (χ2v) is 8.04. The Morgan fingerprint density at radius 2 is 2.04 bits per heavy atom. The molecule has 0 saturated carbocycles. The van der Waals surface area contributed by atoms with E-state index in [2.05, 4.69) is 15.0 Å². The van der Waals surface area contributed by atoms with Gasteiger partial charge in [-0.05, 0) is 43.6 Å². The number of carbonyl (C=O) groups excluding carboxylic acids is 1. The van der Waals surface area contributed by atoms with E-state index in [1.165, 1.54) is 28.0 Å². The monoisotopic (exact) mass is 403 g/mol. The Balaban J connectivity index is 1.73. The van der Waals surface area contributed by atoms with Crippen molar-refractivity contribution in [3.8, 4) is 5.88 Å². The Kier molecular flexibility index (Phi) is 5.03. The van der Waals surface area contributed by atoms with E-state index in [9.17, 15) is 14.3 Å². The Hall–Kier alpha value is -2.52. The summed E-state index contributed by atoms with van der Waals surface area (Å²) >= 11 is 1.38. The van der Waals surface area contributed by atoms with Crippen molar-refractivity contribution in [2.45, 2.75) is 32.2 Å². The molecule has 1 saturated heterocycles. The molecule has 4 rings (SSSR count). The third-order valence-electron chi connectivity index (χ3n) is 5.29. The number of thiazole rings is 1.